The molecule has 2 aliphatic heterocycles. The van der Waals surface area contributed by atoms with E-state index in [1.165, 1.54) is 11.8 Å². The number of amides is 1. The predicted molar refractivity (Wildman–Crippen MR) is 113 cm³/mol. The molecule has 1 amide bonds. The van der Waals surface area contributed by atoms with E-state index in [9.17, 15) is 4.79 Å². The molecule has 1 N–H and O–H groups in total. The van der Waals surface area contributed by atoms with Crippen LogP contribution < -0.4 is 5.32 Å². The number of rotatable bonds is 8. The Morgan fingerprint density at radius 2 is 1.63 bits per heavy atom. The lowest BCUT2D eigenvalue weighted by molar-refractivity contribution is 0.0383. The summed E-state index contributed by atoms with van der Waals surface area (Å²) in [7, 11) is 0. The van der Waals surface area contributed by atoms with Crippen LogP contribution in [-0.2, 0) is 17.8 Å². The number of morpholine rings is 1. The minimum Gasteiger partial charge on any atom is -0.447 e. The largest absolute Gasteiger partial charge is 0.447 e. The van der Waals surface area contributed by atoms with Crippen molar-refractivity contribution in [2.24, 2.45) is 0 Å². The van der Waals surface area contributed by atoms with Gasteiger partial charge in [0.25, 0.3) is 5.91 Å². The van der Waals surface area contributed by atoms with E-state index in [0.29, 0.717) is 24.7 Å². The second kappa shape index (κ2) is 10.7. The van der Waals surface area contributed by atoms with Crippen molar-refractivity contribution in [1.29, 1.82) is 0 Å². The van der Waals surface area contributed by atoms with Gasteiger partial charge in [-0.15, -0.1) is 0 Å². The van der Waals surface area contributed by atoms with E-state index in [0.717, 1.165) is 65.6 Å². The minimum atomic E-state index is -0.175. The summed E-state index contributed by atoms with van der Waals surface area (Å²) in [4.78, 5) is 23.8. The quantitative estimate of drug-likeness (QED) is 0.694. The van der Waals surface area contributed by atoms with Crippen molar-refractivity contribution in [2.75, 3.05) is 65.6 Å². The van der Waals surface area contributed by atoms with Crippen LogP contribution in [0.4, 0.5) is 0 Å². The molecule has 0 radical (unpaired) electrons. The number of carbonyl (C=O) groups is 1. The van der Waals surface area contributed by atoms with E-state index in [1.54, 1.807) is 0 Å². The highest BCUT2D eigenvalue weighted by molar-refractivity contribution is 5.91. The Hall–Kier alpha value is -2.26. The molecule has 162 valence electrons. The minimum absolute atomic E-state index is 0.175. The molecule has 0 unspecified atom stereocenters. The molecule has 0 aliphatic carbocycles. The number of piperazine rings is 1. The van der Waals surface area contributed by atoms with E-state index >= 15 is 0 Å². The van der Waals surface area contributed by atoms with Crippen LogP contribution in [-0.4, -0.2) is 91.2 Å². The van der Waals surface area contributed by atoms with Crippen LogP contribution in [0.5, 0.6) is 0 Å². The van der Waals surface area contributed by atoms with Gasteiger partial charge in [0.05, 0.1) is 19.8 Å². The number of nitrogens with one attached hydrogen (secondary N) is 1. The normalized spacial score (nSPS) is 19.1. The SMILES string of the molecule is O=C(NCCN1CCOCC1)c1coc(CN2CCN(Cc3ccccc3)CC2)n1. The zero-order valence-electron chi connectivity index (χ0n) is 17.5. The Balaban J connectivity index is 1.17. The van der Waals surface area contributed by atoms with Crippen molar-refractivity contribution < 1.29 is 13.9 Å². The van der Waals surface area contributed by atoms with Crippen molar-refractivity contribution in [3.63, 3.8) is 0 Å². The second-order valence-electron chi connectivity index (χ2n) is 7.87. The number of hydrogen-bond acceptors (Lipinski definition) is 7. The van der Waals surface area contributed by atoms with Gasteiger partial charge in [-0.25, -0.2) is 4.98 Å². The van der Waals surface area contributed by atoms with Crippen molar-refractivity contribution in [3.8, 4) is 0 Å². The van der Waals surface area contributed by atoms with Gasteiger partial charge in [0, 0.05) is 58.9 Å². The van der Waals surface area contributed by atoms with Gasteiger partial charge in [0.15, 0.2) is 5.69 Å². The number of aromatic nitrogens is 1. The fourth-order valence-electron chi connectivity index (χ4n) is 3.87. The van der Waals surface area contributed by atoms with Gasteiger partial charge in [-0.2, -0.15) is 0 Å². The smallest absolute Gasteiger partial charge is 0.273 e. The van der Waals surface area contributed by atoms with Gasteiger partial charge in [-0.1, -0.05) is 30.3 Å². The summed E-state index contributed by atoms with van der Waals surface area (Å²) in [6.45, 7) is 10.4. The average Bonchev–Trinajstić information content (AvgIpc) is 3.25. The van der Waals surface area contributed by atoms with Crippen LogP contribution in [0.2, 0.25) is 0 Å². The highest BCUT2D eigenvalue weighted by Gasteiger charge is 2.20. The van der Waals surface area contributed by atoms with Crippen molar-refractivity contribution in [2.45, 2.75) is 13.1 Å². The van der Waals surface area contributed by atoms with Crippen LogP contribution in [0.1, 0.15) is 21.9 Å². The maximum absolute atomic E-state index is 12.3. The molecule has 2 aromatic rings. The first kappa shape index (κ1) is 21.0. The molecule has 0 saturated carbocycles. The van der Waals surface area contributed by atoms with E-state index in [4.69, 9.17) is 9.15 Å². The predicted octanol–water partition coefficient (Wildman–Crippen LogP) is 1.05. The summed E-state index contributed by atoms with van der Waals surface area (Å²) in [6, 6.07) is 10.6. The molecule has 2 saturated heterocycles. The lowest BCUT2D eigenvalue weighted by atomic mass is 10.2. The second-order valence-corrected chi connectivity index (χ2v) is 7.87. The monoisotopic (exact) mass is 413 g/mol. The zero-order valence-corrected chi connectivity index (χ0v) is 17.5. The molecule has 1 aromatic carbocycles. The summed E-state index contributed by atoms with van der Waals surface area (Å²) in [5.74, 6) is 0.427. The summed E-state index contributed by atoms with van der Waals surface area (Å²) < 4.78 is 10.9. The first-order valence-electron chi connectivity index (χ1n) is 10.8. The molecular formula is C22H31N5O3. The van der Waals surface area contributed by atoms with E-state index in [1.807, 2.05) is 0 Å². The van der Waals surface area contributed by atoms with Crippen molar-refractivity contribution in [3.05, 3.63) is 53.7 Å². The molecule has 30 heavy (non-hydrogen) atoms. The molecule has 3 heterocycles. The van der Waals surface area contributed by atoms with Gasteiger partial charge in [0.1, 0.15) is 6.26 Å². The number of hydrogen-bond donors (Lipinski definition) is 1. The molecule has 0 bridgehead atoms. The Kier molecular flexibility index (Phi) is 7.47. The van der Waals surface area contributed by atoms with E-state index in [-0.39, 0.29) is 5.91 Å². The van der Waals surface area contributed by atoms with Gasteiger partial charge in [-0.3, -0.25) is 19.5 Å². The van der Waals surface area contributed by atoms with Crippen molar-refractivity contribution >= 4 is 5.91 Å². The highest BCUT2D eigenvalue weighted by Crippen LogP contribution is 2.12. The molecule has 1 aromatic heterocycles. The average molecular weight is 414 g/mol. The van der Waals surface area contributed by atoms with Gasteiger partial charge < -0.3 is 14.5 Å². The zero-order chi connectivity index (χ0) is 20.6. The molecule has 4 rings (SSSR count). The van der Waals surface area contributed by atoms with E-state index in [2.05, 4.69) is 55.3 Å². The Bertz CT molecular complexity index is 783. The van der Waals surface area contributed by atoms with E-state index < -0.39 is 0 Å². The number of ether oxygens (including phenoxy) is 1. The number of carbonyl (C=O) groups excluding carboxylic acids is 1. The van der Waals surface area contributed by atoms with Gasteiger partial charge in [0.2, 0.25) is 5.89 Å². The summed E-state index contributed by atoms with van der Waals surface area (Å²) in [5.41, 5.74) is 1.71. The Morgan fingerprint density at radius 3 is 2.37 bits per heavy atom. The summed E-state index contributed by atoms with van der Waals surface area (Å²) in [5, 5.41) is 2.93. The topological polar surface area (TPSA) is 74.1 Å². The first-order chi connectivity index (χ1) is 14.8. The Labute approximate surface area is 177 Å². The fraction of sp³-hybridized carbons (Fsp3) is 0.545. The molecular weight excluding hydrogens is 382 g/mol. The summed E-state index contributed by atoms with van der Waals surface area (Å²) in [6.07, 6.45) is 1.46. The first-order valence-corrected chi connectivity index (χ1v) is 10.8. The highest BCUT2D eigenvalue weighted by atomic mass is 16.5. The van der Waals surface area contributed by atoms with Crippen LogP contribution in [0.3, 0.4) is 0 Å². The molecule has 0 spiro atoms. The third-order valence-electron chi connectivity index (χ3n) is 5.67. The van der Waals surface area contributed by atoms with Gasteiger partial charge >= 0.3 is 0 Å². The number of benzene rings is 1. The third kappa shape index (κ3) is 6.12. The lowest BCUT2D eigenvalue weighted by Crippen LogP contribution is -2.45. The fourth-order valence-corrected chi connectivity index (χ4v) is 3.87. The number of oxazole rings is 1. The van der Waals surface area contributed by atoms with Gasteiger partial charge in [-0.05, 0) is 5.56 Å². The van der Waals surface area contributed by atoms with Crippen LogP contribution >= 0.6 is 0 Å². The summed E-state index contributed by atoms with van der Waals surface area (Å²) >= 11 is 0. The molecule has 8 heteroatoms. The molecule has 0 atom stereocenters. The Morgan fingerprint density at radius 1 is 0.933 bits per heavy atom. The van der Waals surface area contributed by atoms with Crippen LogP contribution in [0, 0.1) is 0 Å². The standard InChI is InChI=1S/C22H31N5O3/c28-22(23-6-7-25-12-14-29-15-13-25)20-18-30-21(24-20)17-27-10-8-26(9-11-27)16-19-4-2-1-3-5-19/h1-5,18H,6-17H2,(H,23,28). The lowest BCUT2D eigenvalue weighted by Gasteiger charge is -2.34. The van der Waals surface area contributed by atoms with Crippen LogP contribution in [0.15, 0.2) is 41.0 Å². The molecule has 2 fully saturated rings. The maximum atomic E-state index is 12.3. The molecule has 2 aliphatic rings. The molecule has 8 nitrogen and oxygen atoms in total. The van der Waals surface area contributed by atoms with Crippen molar-refractivity contribution in [1.82, 2.24) is 25.0 Å². The third-order valence-corrected chi connectivity index (χ3v) is 5.67. The number of nitrogens with zero attached hydrogens (tertiary/aromatic N) is 4. The maximum Gasteiger partial charge on any atom is 0.273 e. The van der Waals surface area contributed by atoms with Crippen LogP contribution in [0.25, 0.3) is 0 Å².